The zero-order chi connectivity index (χ0) is 7.56. The van der Waals surface area contributed by atoms with E-state index in [1.807, 2.05) is 31.9 Å². The Morgan fingerprint density at radius 1 is 1.60 bits per heavy atom. The number of hydrogen-bond donors (Lipinski definition) is 2. The number of nitrogens with two attached hydrogens (primary N) is 1. The van der Waals surface area contributed by atoms with Crippen LogP contribution in [0.4, 0.5) is 0 Å². The molecule has 0 aliphatic carbocycles. The van der Waals surface area contributed by atoms with Gasteiger partial charge in [0.25, 0.3) is 0 Å². The van der Waals surface area contributed by atoms with E-state index in [2.05, 4.69) is 0 Å². The molecule has 1 aromatic rings. The van der Waals surface area contributed by atoms with E-state index in [1.54, 1.807) is 0 Å². The molecular weight excluding hydrogens is 123 g/mol. The summed E-state index contributed by atoms with van der Waals surface area (Å²) in [6, 6.07) is 3.79. The van der Waals surface area contributed by atoms with Crippen LogP contribution in [0.15, 0.2) is 18.1 Å². The molecule has 10 heavy (non-hydrogen) atoms. The van der Waals surface area contributed by atoms with Gasteiger partial charge >= 0.3 is 59.9 Å². The molecule has 0 aliphatic heterocycles. The van der Waals surface area contributed by atoms with E-state index in [0.717, 1.165) is 5.46 Å². The number of nitrogen functional groups attached to an aromatic ring is 1. The van der Waals surface area contributed by atoms with Crippen LogP contribution in [0.3, 0.4) is 0 Å². The van der Waals surface area contributed by atoms with Gasteiger partial charge in [0.05, 0.1) is 0 Å². The topological polar surface area (TPSA) is 49.9 Å². The summed E-state index contributed by atoms with van der Waals surface area (Å²) < 4.78 is 0. The van der Waals surface area contributed by atoms with Crippen LogP contribution < -0.4 is 5.73 Å². The number of hydrogen-bond acceptors (Lipinski definition) is 1. The molecule has 0 atom stereocenters. The number of amidine groups is 1. The third kappa shape index (κ3) is 1.44. The van der Waals surface area contributed by atoms with Crippen LogP contribution in [-0.4, -0.2) is 12.7 Å². The normalized spacial score (nSPS) is 8.90. The van der Waals surface area contributed by atoms with Crippen LogP contribution in [-0.2, 0) is 0 Å². The van der Waals surface area contributed by atoms with Crippen molar-refractivity contribution in [3.63, 3.8) is 0 Å². The zero-order valence-electron chi connectivity index (χ0n) is 5.89. The molecule has 0 radical (unpaired) electrons. The van der Waals surface area contributed by atoms with Crippen molar-refractivity contribution in [2.75, 3.05) is 0 Å². The van der Waals surface area contributed by atoms with Crippen molar-refractivity contribution in [3.8, 4) is 0 Å². The quantitative estimate of drug-likeness (QED) is 0.427. The number of nitrogens with one attached hydrogen (secondary N) is 1. The molecule has 0 amide bonds. The van der Waals surface area contributed by atoms with Gasteiger partial charge in [-0.3, -0.25) is 0 Å². The summed E-state index contributed by atoms with van der Waals surface area (Å²) in [6.07, 6.45) is 0. The van der Waals surface area contributed by atoms with Crippen molar-refractivity contribution in [1.82, 2.24) is 0 Å². The first-order valence-electron chi connectivity index (χ1n) is 3.11. The van der Waals surface area contributed by atoms with Crippen molar-refractivity contribution in [2.45, 2.75) is 6.92 Å². The van der Waals surface area contributed by atoms with Gasteiger partial charge in [0.1, 0.15) is 0 Å². The Bertz CT molecular complexity index is 240. The average molecular weight is 132 g/mol. The average Bonchev–Trinajstić information content (AvgIpc) is 1.88. The monoisotopic (exact) mass is 132 g/mol. The molecule has 0 unspecified atom stereocenters. The Balaban J connectivity index is 3.00. The summed E-state index contributed by atoms with van der Waals surface area (Å²) >= 11 is 0. The number of aryl methyl sites for hydroxylation is 1. The summed E-state index contributed by atoms with van der Waals surface area (Å²) in [5.74, 6) is 2.07. The predicted octanol–water partition coefficient (Wildman–Crippen LogP) is 0.617. The van der Waals surface area contributed by atoms with E-state index < -0.39 is 0 Å². The molecule has 0 bridgehead atoms. The maximum absolute atomic E-state index is 7.08. The Hall–Kier alpha value is -1.12. The van der Waals surface area contributed by atoms with Gasteiger partial charge in [0, 0.05) is 0 Å². The molecule has 3 heteroatoms. The second-order valence-corrected chi connectivity index (χ2v) is 2.28. The number of rotatable bonds is 1. The SMILES string of the molecule is Cc1cbc(C(=N)N)cc1. The first-order chi connectivity index (χ1) is 4.70. The third-order valence-corrected chi connectivity index (χ3v) is 1.36. The van der Waals surface area contributed by atoms with E-state index >= 15 is 0 Å². The minimum atomic E-state index is 0.125. The summed E-state index contributed by atoms with van der Waals surface area (Å²) in [7, 11) is 0. The fourth-order valence-electron chi connectivity index (χ4n) is 0.733. The van der Waals surface area contributed by atoms with Crippen molar-refractivity contribution >= 4 is 12.7 Å². The van der Waals surface area contributed by atoms with Crippen LogP contribution in [0.5, 0.6) is 0 Å². The molecule has 1 aromatic heterocycles. The van der Waals surface area contributed by atoms with E-state index in [1.165, 1.54) is 5.56 Å². The second kappa shape index (κ2) is 2.65. The van der Waals surface area contributed by atoms with Gasteiger partial charge in [-0.25, -0.2) is 0 Å². The summed E-state index contributed by atoms with van der Waals surface area (Å²) in [4.78, 5) is 0. The van der Waals surface area contributed by atoms with Crippen molar-refractivity contribution < 1.29 is 0 Å². The Morgan fingerprint density at radius 2 is 2.30 bits per heavy atom. The molecule has 1 heterocycles. The van der Waals surface area contributed by atoms with Gasteiger partial charge < -0.3 is 0 Å². The summed E-state index contributed by atoms with van der Waals surface area (Å²) in [5.41, 5.74) is 7.22. The molecule has 0 aliphatic rings. The Labute approximate surface area is 60.8 Å². The standard InChI is InChI=1S/C7H9BN2/c1-5-2-3-6(7(9)10)8-4-5/h2-4H,1H3,(H3,9,10). The van der Waals surface area contributed by atoms with Crippen LogP contribution in [0.1, 0.15) is 11.0 Å². The molecule has 0 fully saturated rings. The second-order valence-electron chi connectivity index (χ2n) is 2.28. The van der Waals surface area contributed by atoms with Crippen molar-refractivity contribution in [3.05, 3.63) is 29.1 Å². The van der Waals surface area contributed by atoms with E-state index in [9.17, 15) is 0 Å². The Morgan fingerprint density at radius 3 is 2.70 bits per heavy atom. The predicted molar refractivity (Wildman–Crippen MR) is 43.5 cm³/mol. The fraction of sp³-hybridized carbons (Fsp3) is 0.143. The van der Waals surface area contributed by atoms with Crippen LogP contribution >= 0.6 is 0 Å². The van der Waals surface area contributed by atoms with Gasteiger partial charge in [-0.2, -0.15) is 0 Å². The molecule has 1 rings (SSSR count). The zero-order valence-corrected chi connectivity index (χ0v) is 5.89. The summed E-state index contributed by atoms with van der Waals surface area (Å²) in [6.45, 7) is 3.85. The van der Waals surface area contributed by atoms with Gasteiger partial charge in [-0.05, 0) is 0 Å². The van der Waals surface area contributed by atoms with Gasteiger partial charge in [-0.1, -0.05) is 0 Å². The maximum atomic E-state index is 7.08. The van der Waals surface area contributed by atoms with Gasteiger partial charge in [0.2, 0.25) is 0 Å². The molecule has 50 valence electrons. The summed E-state index contributed by atoms with van der Waals surface area (Å²) in [5, 5.41) is 7.08. The molecule has 0 aromatic carbocycles. The van der Waals surface area contributed by atoms with Crippen molar-refractivity contribution in [2.24, 2.45) is 5.73 Å². The molecule has 2 nitrogen and oxygen atoms in total. The Kier molecular flexibility index (Phi) is 1.85. The third-order valence-electron chi connectivity index (χ3n) is 1.36. The van der Waals surface area contributed by atoms with Gasteiger partial charge in [0.15, 0.2) is 0 Å². The molecule has 0 saturated heterocycles. The van der Waals surface area contributed by atoms with Gasteiger partial charge in [-0.15, -0.1) is 0 Å². The molecule has 0 spiro atoms. The first-order valence-corrected chi connectivity index (χ1v) is 3.11. The van der Waals surface area contributed by atoms with E-state index in [0.29, 0.717) is 0 Å². The fourth-order valence-corrected chi connectivity index (χ4v) is 0.733. The van der Waals surface area contributed by atoms with E-state index in [4.69, 9.17) is 11.1 Å². The van der Waals surface area contributed by atoms with Crippen molar-refractivity contribution in [1.29, 1.82) is 5.41 Å². The molecule has 3 N–H and O–H groups in total. The van der Waals surface area contributed by atoms with Crippen LogP contribution in [0.25, 0.3) is 0 Å². The van der Waals surface area contributed by atoms with Crippen LogP contribution in [0, 0.1) is 12.3 Å². The van der Waals surface area contributed by atoms with E-state index in [-0.39, 0.29) is 5.84 Å². The molecule has 0 saturated carbocycles. The minimum absolute atomic E-state index is 0.125. The van der Waals surface area contributed by atoms with Crippen LogP contribution in [0.2, 0.25) is 0 Å². The molecular formula is C7H9BN2. The first kappa shape index (κ1) is 7.00.